The molecule has 6 nitrogen and oxygen atoms in total. The number of nitrogens with zero attached hydrogens (tertiary/aromatic N) is 2. The van der Waals surface area contributed by atoms with Gasteiger partial charge in [0.05, 0.1) is 23.3 Å². The van der Waals surface area contributed by atoms with Gasteiger partial charge in [0.2, 0.25) is 0 Å². The van der Waals surface area contributed by atoms with Gasteiger partial charge in [0, 0.05) is 30.2 Å². The Balaban J connectivity index is 1.78. The Bertz CT molecular complexity index is 995. The van der Waals surface area contributed by atoms with Crippen LogP contribution in [0.15, 0.2) is 23.5 Å². The predicted octanol–water partition coefficient (Wildman–Crippen LogP) is 4.80. The monoisotopic (exact) mass is 423 g/mol. The number of imidazole rings is 1. The van der Waals surface area contributed by atoms with E-state index in [4.69, 9.17) is 9.47 Å². The fourth-order valence-corrected chi connectivity index (χ4v) is 3.91. The number of nitrogens with one attached hydrogen (secondary N) is 1. The molecule has 0 radical (unpaired) electrons. The summed E-state index contributed by atoms with van der Waals surface area (Å²) in [5.41, 5.74) is 4.48. The summed E-state index contributed by atoms with van der Waals surface area (Å²) < 4.78 is 40.8. The summed E-state index contributed by atoms with van der Waals surface area (Å²) >= 11 is 1.49. The van der Waals surface area contributed by atoms with E-state index in [0.29, 0.717) is 40.8 Å². The predicted molar refractivity (Wildman–Crippen MR) is 108 cm³/mol. The van der Waals surface area contributed by atoms with Crippen LogP contribution in [-0.4, -0.2) is 41.9 Å². The lowest BCUT2D eigenvalue weighted by Gasteiger charge is -2.11. The zero-order chi connectivity index (χ0) is 21.0. The van der Waals surface area contributed by atoms with E-state index in [9.17, 15) is 8.78 Å². The Hall–Kier alpha value is -2.39. The molecule has 3 rings (SSSR count). The molecule has 0 atom stereocenters. The maximum absolute atomic E-state index is 12.7. The zero-order valence-corrected chi connectivity index (χ0v) is 17.5. The van der Waals surface area contributed by atoms with Crippen molar-refractivity contribution in [1.82, 2.24) is 15.0 Å². The first-order chi connectivity index (χ1) is 13.9. The van der Waals surface area contributed by atoms with Gasteiger partial charge in [0.1, 0.15) is 18.1 Å². The summed E-state index contributed by atoms with van der Waals surface area (Å²) in [5, 5.41) is 0.684. The summed E-state index contributed by atoms with van der Waals surface area (Å²) in [5.74, 6) is 1.54. The van der Waals surface area contributed by atoms with E-state index in [1.54, 1.807) is 33.2 Å². The molecule has 9 heteroatoms. The van der Waals surface area contributed by atoms with E-state index < -0.39 is 6.61 Å². The summed E-state index contributed by atoms with van der Waals surface area (Å²) in [6.45, 7) is 3.55. The van der Waals surface area contributed by atoms with Crippen LogP contribution in [0.4, 0.5) is 8.78 Å². The molecule has 0 aliphatic heterocycles. The number of aromatic nitrogens is 3. The molecule has 2 aromatic heterocycles. The second kappa shape index (κ2) is 9.41. The molecule has 0 amide bonds. The highest BCUT2D eigenvalue weighted by Crippen LogP contribution is 2.33. The minimum Gasteiger partial charge on any atom is -0.491 e. The number of alkyl halides is 2. The van der Waals surface area contributed by atoms with Crippen LogP contribution in [0.1, 0.15) is 22.4 Å². The van der Waals surface area contributed by atoms with Crippen LogP contribution in [0.5, 0.6) is 11.5 Å². The van der Waals surface area contributed by atoms with E-state index in [2.05, 4.69) is 19.7 Å². The van der Waals surface area contributed by atoms with Crippen molar-refractivity contribution in [1.29, 1.82) is 0 Å². The van der Waals surface area contributed by atoms with Crippen LogP contribution < -0.4 is 9.47 Å². The molecule has 0 aliphatic carbocycles. The molecule has 0 fully saturated rings. The third-order valence-electron chi connectivity index (χ3n) is 4.48. The number of rotatable bonds is 9. The van der Waals surface area contributed by atoms with Gasteiger partial charge in [-0.25, -0.2) is 4.98 Å². The third-order valence-corrected chi connectivity index (χ3v) is 5.37. The molecule has 0 saturated heterocycles. The topological polar surface area (TPSA) is 69.3 Å². The number of benzene rings is 1. The van der Waals surface area contributed by atoms with Gasteiger partial charge in [-0.1, -0.05) is 11.8 Å². The Labute approximate surface area is 172 Å². The molecule has 3 aromatic rings. The average Bonchev–Trinajstić information content (AvgIpc) is 3.08. The van der Waals surface area contributed by atoms with Gasteiger partial charge < -0.3 is 19.2 Å². The Morgan fingerprint density at radius 2 is 1.97 bits per heavy atom. The molecule has 1 N–H and O–H groups in total. The highest BCUT2D eigenvalue weighted by molar-refractivity contribution is 7.98. The maximum Gasteiger partial charge on any atom is 0.387 e. The summed E-state index contributed by atoms with van der Waals surface area (Å²) in [6.07, 6.45) is 1.71. The molecule has 0 spiro atoms. The molecule has 0 saturated carbocycles. The van der Waals surface area contributed by atoms with E-state index in [-0.39, 0.29) is 5.75 Å². The molecule has 0 unspecified atom stereocenters. The van der Waals surface area contributed by atoms with Crippen LogP contribution in [0.25, 0.3) is 11.0 Å². The van der Waals surface area contributed by atoms with Crippen LogP contribution in [0, 0.1) is 20.8 Å². The number of aromatic amines is 1. The first kappa shape index (κ1) is 21.3. The lowest BCUT2D eigenvalue weighted by Crippen LogP contribution is -2.06. The van der Waals surface area contributed by atoms with Crippen LogP contribution >= 0.6 is 11.8 Å². The quantitative estimate of drug-likeness (QED) is 0.394. The van der Waals surface area contributed by atoms with Crippen LogP contribution in [0.2, 0.25) is 0 Å². The molecule has 156 valence electrons. The van der Waals surface area contributed by atoms with E-state index >= 15 is 0 Å². The van der Waals surface area contributed by atoms with Crippen LogP contribution in [0.3, 0.4) is 0 Å². The maximum atomic E-state index is 12.7. The molecule has 0 aliphatic rings. The van der Waals surface area contributed by atoms with Crippen molar-refractivity contribution in [3.8, 4) is 11.5 Å². The summed E-state index contributed by atoms with van der Waals surface area (Å²) in [4.78, 5) is 12.2. The van der Waals surface area contributed by atoms with Gasteiger partial charge in [-0.15, -0.1) is 0 Å². The van der Waals surface area contributed by atoms with Crippen molar-refractivity contribution in [2.75, 3.05) is 20.3 Å². The van der Waals surface area contributed by atoms with Crippen LogP contribution in [-0.2, 0) is 10.5 Å². The minimum absolute atomic E-state index is 0.175. The minimum atomic E-state index is -2.87. The Morgan fingerprint density at radius 1 is 1.17 bits per heavy atom. The normalized spacial score (nSPS) is 11.4. The van der Waals surface area contributed by atoms with E-state index in [0.717, 1.165) is 22.5 Å². The number of pyridine rings is 1. The van der Waals surface area contributed by atoms with Crippen molar-refractivity contribution in [2.45, 2.75) is 38.3 Å². The van der Waals surface area contributed by atoms with Gasteiger partial charge in [0.25, 0.3) is 0 Å². The first-order valence-electron chi connectivity index (χ1n) is 9.04. The summed E-state index contributed by atoms with van der Waals surface area (Å²) in [7, 11) is 1.63. The molecular formula is C20H23F2N3O3S. The molecule has 0 bridgehead atoms. The largest absolute Gasteiger partial charge is 0.491 e. The van der Waals surface area contributed by atoms with Crippen molar-refractivity contribution < 1.29 is 23.0 Å². The molecule has 1 aromatic carbocycles. The van der Waals surface area contributed by atoms with E-state index in [1.807, 2.05) is 13.0 Å². The number of hydrogen-bond acceptors (Lipinski definition) is 6. The Kier molecular flexibility index (Phi) is 6.92. The van der Waals surface area contributed by atoms with Gasteiger partial charge in [0.15, 0.2) is 5.16 Å². The number of H-pyrrole nitrogens is 1. The number of aryl methyl sites for hydroxylation is 2. The number of methoxy groups -OCH3 is 1. The number of fused-ring (bicyclic) bond motifs is 1. The number of thioether (sulfide) groups is 1. The highest BCUT2D eigenvalue weighted by atomic mass is 32.2. The highest BCUT2D eigenvalue weighted by Gasteiger charge is 2.17. The van der Waals surface area contributed by atoms with Gasteiger partial charge in [-0.2, -0.15) is 8.78 Å². The van der Waals surface area contributed by atoms with Crippen molar-refractivity contribution in [3.05, 3.63) is 40.7 Å². The van der Waals surface area contributed by atoms with Gasteiger partial charge >= 0.3 is 6.61 Å². The molecular weight excluding hydrogens is 400 g/mol. The molecule has 2 heterocycles. The van der Waals surface area contributed by atoms with Crippen molar-refractivity contribution in [3.63, 3.8) is 0 Å². The zero-order valence-electron chi connectivity index (χ0n) is 16.7. The lowest BCUT2D eigenvalue weighted by atomic mass is 10.1. The standard InChI is InChI=1S/C20H23F2N3O3S/c1-11-9-14-17(13(3)18(11)28-19(21)22)25-20(24-14)29-10-15-12(2)16(5-6-23-15)27-8-7-26-4/h5-6,9,19H,7-8,10H2,1-4H3,(H,24,25). The second-order valence-corrected chi connectivity index (χ2v) is 7.44. The van der Waals surface area contributed by atoms with Crippen molar-refractivity contribution in [2.24, 2.45) is 0 Å². The third kappa shape index (κ3) is 4.97. The van der Waals surface area contributed by atoms with Gasteiger partial charge in [-0.3, -0.25) is 4.98 Å². The Morgan fingerprint density at radius 3 is 2.69 bits per heavy atom. The average molecular weight is 423 g/mol. The lowest BCUT2D eigenvalue weighted by molar-refractivity contribution is -0.0506. The van der Waals surface area contributed by atoms with Gasteiger partial charge in [-0.05, 0) is 38.5 Å². The fraction of sp³-hybridized carbons (Fsp3) is 0.400. The fourth-order valence-electron chi connectivity index (χ4n) is 3.01. The second-order valence-electron chi connectivity index (χ2n) is 6.47. The molecule has 29 heavy (non-hydrogen) atoms. The first-order valence-corrected chi connectivity index (χ1v) is 10.0. The smallest absolute Gasteiger partial charge is 0.387 e. The number of hydrogen-bond donors (Lipinski definition) is 1. The number of ether oxygens (including phenoxy) is 3. The van der Waals surface area contributed by atoms with E-state index in [1.165, 1.54) is 11.8 Å². The SMILES string of the molecule is COCCOc1ccnc(CSc2nc3c(C)c(OC(F)F)c(C)cc3[nH]2)c1C. The summed E-state index contributed by atoms with van der Waals surface area (Å²) in [6, 6.07) is 3.60. The number of halogens is 2. The van der Waals surface area contributed by atoms with Crippen molar-refractivity contribution >= 4 is 22.8 Å².